The summed E-state index contributed by atoms with van der Waals surface area (Å²) >= 11 is 5.97. The highest BCUT2D eigenvalue weighted by Crippen LogP contribution is 2.35. The number of carbonyl (C=O) groups excluding carboxylic acids is 1. The molecule has 2 N–H and O–H groups in total. The van der Waals surface area contributed by atoms with E-state index in [1.54, 1.807) is 6.07 Å². The molecule has 36 heavy (non-hydrogen) atoms. The van der Waals surface area contributed by atoms with Crippen LogP contribution in [0.2, 0.25) is 5.02 Å². The zero-order chi connectivity index (χ0) is 25.7. The molecule has 0 saturated carbocycles. The Morgan fingerprint density at radius 1 is 1.06 bits per heavy atom. The van der Waals surface area contributed by atoms with Gasteiger partial charge in [-0.05, 0) is 66.9 Å². The van der Waals surface area contributed by atoms with Crippen molar-refractivity contribution in [2.45, 2.75) is 38.5 Å². The van der Waals surface area contributed by atoms with Crippen molar-refractivity contribution in [1.82, 2.24) is 15.1 Å². The van der Waals surface area contributed by atoms with E-state index in [9.17, 15) is 9.90 Å². The molecule has 1 amide bonds. The second-order valence-electron chi connectivity index (χ2n) is 9.57. The first-order valence-corrected chi connectivity index (χ1v) is 12.8. The number of nitrogens with one attached hydrogen (secondary N) is 1. The number of halogens is 1. The summed E-state index contributed by atoms with van der Waals surface area (Å²) < 4.78 is 0. The monoisotopic (exact) mass is 503 g/mol. The Kier molecular flexibility index (Phi) is 8.47. The third kappa shape index (κ3) is 6.16. The molecule has 188 valence electrons. The minimum atomic E-state index is -0.126. The van der Waals surface area contributed by atoms with Crippen molar-refractivity contribution in [2.75, 3.05) is 19.6 Å². The molecule has 1 heterocycles. The van der Waals surface area contributed by atoms with E-state index in [0.29, 0.717) is 23.2 Å². The van der Waals surface area contributed by atoms with Crippen molar-refractivity contribution < 1.29 is 9.90 Å². The third-order valence-electron chi connectivity index (χ3n) is 6.88. The number of benzene rings is 3. The number of aromatic hydroxyl groups is 1. The van der Waals surface area contributed by atoms with Gasteiger partial charge in [-0.15, -0.1) is 6.58 Å². The average molecular weight is 504 g/mol. The molecule has 5 nitrogen and oxygen atoms in total. The second-order valence-corrected chi connectivity index (χ2v) is 10.0. The average Bonchev–Trinajstić information content (AvgIpc) is 2.87. The first-order valence-electron chi connectivity index (χ1n) is 12.4. The predicted molar refractivity (Wildman–Crippen MR) is 146 cm³/mol. The SMILES string of the molecule is C=CCN1CC(C)N(C(c2cccc(O)c2)c2cccc(C(=O)NCc3ccc(Cl)cc3)c2)CC1C. The van der Waals surface area contributed by atoms with Crippen LogP contribution in [0.3, 0.4) is 0 Å². The maximum Gasteiger partial charge on any atom is 0.251 e. The van der Waals surface area contributed by atoms with Crippen LogP contribution in [0.25, 0.3) is 0 Å². The molecule has 3 atom stereocenters. The van der Waals surface area contributed by atoms with Crippen LogP contribution in [-0.2, 0) is 6.54 Å². The van der Waals surface area contributed by atoms with Gasteiger partial charge in [0, 0.05) is 48.8 Å². The van der Waals surface area contributed by atoms with Crippen molar-refractivity contribution in [1.29, 1.82) is 0 Å². The summed E-state index contributed by atoms with van der Waals surface area (Å²) in [5.41, 5.74) is 3.63. The van der Waals surface area contributed by atoms with Gasteiger partial charge in [-0.1, -0.05) is 54.1 Å². The standard InChI is InChI=1S/C30H34ClN3O2/c1-4-15-33-19-22(3)34(20-21(33)2)29(25-8-6-10-28(35)17-25)24-7-5-9-26(16-24)30(36)32-18-23-11-13-27(31)14-12-23/h4-14,16-17,21-22,29,35H,1,15,18-20H2,2-3H3,(H,32,36). The molecule has 0 aliphatic carbocycles. The number of phenols is 1. The number of amides is 1. The van der Waals surface area contributed by atoms with E-state index in [2.05, 4.69) is 41.6 Å². The zero-order valence-electron chi connectivity index (χ0n) is 20.9. The fourth-order valence-electron chi connectivity index (χ4n) is 5.01. The lowest BCUT2D eigenvalue weighted by Gasteiger charge is -2.47. The minimum Gasteiger partial charge on any atom is -0.508 e. The lowest BCUT2D eigenvalue weighted by molar-refractivity contribution is 0.0306. The lowest BCUT2D eigenvalue weighted by Crippen LogP contribution is -2.57. The Morgan fingerprint density at radius 2 is 1.75 bits per heavy atom. The van der Waals surface area contributed by atoms with Gasteiger partial charge in [0.2, 0.25) is 0 Å². The van der Waals surface area contributed by atoms with Gasteiger partial charge in [0.1, 0.15) is 5.75 Å². The van der Waals surface area contributed by atoms with Crippen LogP contribution in [0.15, 0.2) is 85.5 Å². The highest BCUT2D eigenvalue weighted by molar-refractivity contribution is 6.30. The Hall–Kier alpha value is -3.12. The molecule has 1 aliphatic heterocycles. The minimum absolute atomic E-state index is 0.0931. The first kappa shape index (κ1) is 26.0. The Bertz CT molecular complexity index is 1200. The van der Waals surface area contributed by atoms with E-state index < -0.39 is 0 Å². The number of nitrogens with zero attached hydrogens (tertiary/aromatic N) is 2. The number of rotatable bonds is 8. The number of hydrogen-bond donors (Lipinski definition) is 2. The fraction of sp³-hybridized carbons (Fsp3) is 0.300. The molecule has 1 aliphatic rings. The van der Waals surface area contributed by atoms with Crippen LogP contribution in [0, 0.1) is 0 Å². The van der Waals surface area contributed by atoms with Crippen LogP contribution in [0.1, 0.15) is 46.9 Å². The van der Waals surface area contributed by atoms with Gasteiger partial charge in [-0.3, -0.25) is 14.6 Å². The first-order chi connectivity index (χ1) is 17.4. The van der Waals surface area contributed by atoms with Crippen molar-refractivity contribution >= 4 is 17.5 Å². The summed E-state index contributed by atoms with van der Waals surface area (Å²) in [4.78, 5) is 18.0. The molecule has 0 aromatic heterocycles. The van der Waals surface area contributed by atoms with E-state index in [-0.39, 0.29) is 23.7 Å². The molecular formula is C30H34ClN3O2. The van der Waals surface area contributed by atoms with Gasteiger partial charge in [0.15, 0.2) is 0 Å². The Balaban J connectivity index is 1.61. The smallest absolute Gasteiger partial charge is 0.251 e. The van der Waals surface area contributed by atoms with E-state index >= 15 is 0 Å². The molecule has 0 spiro atoms. The summed E-state index contributed by atoms with van der Waals surface area (Å²) in [6.07, 6.45) is 1.96. The Labute approximate surface area is 219 Å². The molecule has 3 aromatic rings. The van der Waals surface area contributed by atoms with E-state index in [0.717, 1.165) is 36.3 Å². The highest BCUT2D eigenvalue weighted by Gasteiger charge is 2.34. The van der Waals surface area contributed by atoms with Crippen molar-refractivity contribution in [2.24, 2.45) is 0 Å². The fourth-order valence-corrected chi connectivity index (χ4v) is 5.14. The van der Waals surface area contributed by atoms with Gasteiger partial charge in [-0.25, -0.2) is 0 Å². The topological polar surface area (TPSA) is 55.8 Å². The summed E-state index contributed by atoms with van der Waals surface area (Å²) in [6.45, 7) is 11.5. The quantitative estimate of drug-likeness (QED) is 0.390. The number of carbonyl (C=O) groups is 1. The largest absolute Gasteiger partial charge is 0.508 e. The van der Waals surface area contributed by atoms with Crippen LogP contribution in [0.4, 0.5) is 0 Å². The number of piperazine rings is 1. The summed E-state index contributed by atoms with van der Waals surface area (Å²) in [7, 11) is 0. The molecule has 3 unspecified atom stereocenters. The van der Waals surface area contributed by atoms with Gasteiger partial charge in [0.05, 0.1) is 6.04 Å². The molecule has 6 heteroatoms. The van der Waals surface area contributed by atoms with E-state index in [1.807, 2.05) is 66.7 Å². The van der Waals surface area contributed by atoms with Gasteiger partial charge in [-0.2, -0.15) is 0 Å². The Morgan fingerprint density at radius 3 is 2.44 bits per heavy atom. The number of hydrogen-bond acceptors (Lipinski definition) is 4. The molecule has 3 aromatic carbocycles. The predicted octanol–water partition coefficient (Wildman–Crippen LogP) is 5.65. The number of phenolic OH excluding ortho intramolecular Hbond substituents is 1. The van der Waals surface area contributed by atoms with Crippen LogP contribution in [0.5, 0.6) is 5.75 Å². The van der Waals surface area contributed by atoms with Crippen LogP contribution < -0.4 is 5.32 Å². The molecular weight excluding hydrogens is 470 g/mol. The van der Waals surface area contributed by atoms with Gasteiger partial charge in [0.25, 0.3) is 5.91 Å². The second kappa shape index (κ2) is 11.7. The van der Waals surface area contributed by atoms with E-state index in [1.165, 1.54) is 0 Å². The van der Waals surface area contributed by atoms with Crippen LogP contribution in [-0.4, -0.2) is 52.5 Å². The molecule has 1 saturated heterocycles. The third-order valence-corrected chi connectivity index (χ3v) is 7.13. The van der Waals surface area contributed by atoms with Crippen molar-refractivity contribution in [3.63, 3.8) is 0 Å². The molecule has 1 fully saturated rings. The highest BCUT2D eigenvalue weighted by atomic mass is 35.5. The molecule has 4 rings (SSSR count). The molecule has 0 bridgehead atoms. The maximum absolute atomic E-state index is 13.1. The summed E-state index contributed by atoms with van der Waals surface area (Å²) in [6, 6.07) is 23.2. The van der Waals surface area contributed by atoms with Crippen LogP contribution >= 0.6 is 11.6 Å². The van der Waals surface area contributed by atoms with Crippen molar-refractivity contribution in [3.05, 3.63) is 113 Å². The summed E-state index contributed by atoms with van der Waals surface area (Å²) in [5, 5.41) is 13.9. The van der Waals surface area contributed by atoms with Gasteiger partial charge >= 0.3 is 0 Å². The zero-order valence-corrected chi connectivity index (χ0v) is 21.7. The normalized spacial score (nSPS) is 19.5. The summed E-state index contributed by atoms with van der Waals surface area (Å²) in [5.74, 6) is 0.110. The van der Waals surface area contributed by atoms with E-state index in [4.69, 9.17) is 11.6 Å². The molecule has 0 radical (unpaired) electrons. The van der Waals surface area contributed by atoms with Crippen molar-refractivity contribution in [3.8, 4) is 5.75 Å². The van der Waals surface area contributed by atoms with Gasteiger partial charge < -0.3 is 10.4 Å². The maximum atomic E-state index is 13.1. The lowest BCUT2D eigenvalue weighted by atomic mass is 9.92.